The molecule has 0 amide bonds. The third-order valence-corrected chi connectivity index (χ3v) is 3.36. The Hall–Kier alpha value is -2.43. The molecule has 0 aliphatic heterocycles. The van der Waals surface area contributed by atoms with Gasteiger partial charge in [-0.3, -0.25) is 4.68 Å². The minimum Gasteiger partial charge on any atom is -0.379 e. The monoisotopic (exact) mass is 287 g/mol. The largest absolute Gasteiger partial charge is 0.379 e. The average molecular weight is 287 g/mol. The Morgan fingerprint density at radius 1 is 1.10 bits per heavy atom. The van der Waals surface area contributed by atoms with Gasteiger partial charge in [0.05, 0.1) is 17.8 Å². The molecule has 3 nitrogen and oxygen atoms in total. The zero-order chi connectivity index (χ0) is 14.8. The molecule has 0 saturated heterocycles. The van der Waals surface area contributed by atoms with Crippen LogP contribution in [0.4, 0.5) is 14.5 Å². The number of aryl methyl sites for hydroxylation is 1. The van der Waals surface area contributed by atoms with Crippen molar-refractivity contribution in [2.45, 2.75) is 20.0 Å². The third kappa shape index (κ3) is 2.72. The first kappa shape index (κ1) is 13.5. The third-order valence-electron chi connectivity index (χ3n) is 3.36. The van der Waals surface area contributed by atoms with E-state index in [0.717, 1.165) is 29.2 Å². The Bertz CT molecular complexity index is 760. The van der Waals surface area contributed by atoms with Crippen molar-refractivity contribution in [3.63, 3.8) is 0 Å². The first-order valence-electron chi connectivity index (χ1n) is 6.82. The highest BCUT2D eigenvalue weighted by molar-refractivity contribution is 5.82. The lowest BCUT2D eigenvalue weighted by Gasteiger charge is -2.05. The summed E-state index contributed by atoms with van der Waals surface area (Å²) in [5.41, 5.74) is 2.32. The lowest BCUT2D eigenvalue weighted by molar-refractivity contribution is 0.584. The second-order valence-corrected chi connectivity index (χ2v) is 4.79. The van der Waals surface area contributed by atoms with Crippen LogP contribution in [0.3, 0.4) is 0 Å². The highest BCUT2D eigenvalue weighted by Gasteiger charge is 2.09. The van der Waals surface area contributed by atoms with Gasteiger partial charge >= 0.3 is 0 Å². The van der Waals surface area contributed by atoms with Crippen LogP contribution in [0.2, 0.25) is 0 Å². The second kappa shape index (κ2) is 5.52. The molecular weight excluding hydrogens is 272 g/mol. The van der Waals surface area contributed by atoms with Crippen molar-refractivity contribution in [3.8, 4) is 0 Å². The van der Waals surface area contributed by atoms with E-state index in [1.165, 1.54) is 12.1 Å². The first-order valence-corrected chi connectivity index (χ1v) is 6.82. The lowest BCUT2D eigenvalue weighted by atomic mass is 10.2. The quantitative estimate of drug-likeness (QED) is 0.787. The van der Waals surface area contributed by atoms with E-state index in [0.29, 0.717) is 12.2 Å². The van der Waals surface area contributed by atoms with Crippen molar-refractivity contribution < 1.29 is 8.78 Å². The number of fused-ring (bicyclic) bond motifs is 1. The predicted molar refractivity (Wildman–Crippen MR) is 79.1 cm³/mol. The average Bonchev–Trinajstić information content (AvgIpc) is 2.82. The van der Waals surface area contributed by atoms with Crippen LogP contribution in [0.5, 0.6) is 0 Å². The fourth-order valence-electron chi connectivity index (χ4n) is 2.41. The molecule has 3 rings (SSSR count). The number of hydrogen-bond acceptors (Lipinski definition) is 2. The zero-order valence-electron chi connectivity index (χ0n) is 11.6. The molecule has 0 fully saturated rings. The van der Waals surface area contributed by atoms with Crippen LogP contribution in [-0.4, -0.2) is 9.78 Å². The summed E-state index contributed by atoms with van der Waals surface area (Å²) in [6.07, 6.45) is 0. The Morgan fingerprint density at radius 3 is 2.52 bits per heavy atom. The van der Waals surface area contributed by atoms with Gasteiger partial charge in [0.15, 0.2) is 0 Å². The molecule has 0 atom stereocenters. The van der Waals surface area contributed by atoms with Gasteiger partial charge in [-0.05, 0) is 25.1 Å². The number of para-hydroxylation sites is 1. The SMILES string of the molecule is CCn1nc(CNc2cc(F)cc(F)c2)c2ccccc21. The molecule has 108 valence electrons. The highest BCUT2D eigenvalue weighted by Crippen LogP contribution is 2.20. The van der Waals surface area contributed by atoms with Gasteiger partial charge in [0.25, 0.3) is 0 Å². The summed E-state index contributed by atoms with van der Waals surface area (Å²) >= 11 is 0. The van der Waals surface area contributed by atoms with Gasteiger partial charge in [-0.25, -0.2) is 8.78 Å². The van der Waals surface area contributed by atoms with Crippen molar-refractivity contribution in [1.29, 1.82) is 0 Å². The smallest absolute Gasteiger partial charge is 0.128 e. The number of aromatic nitrogens is 2. The summed E-state index contributed by atoms with van der Waals surface area (Å²) < 4.78 is 28.2. The molecule has 0 unspecified atom stereocenters. The Morgan fingerprint density at radius 2 is 1.81 bits per heavy atom. The van der Waals surface area contributed by atoms with Crippen LogP contribution in [-0.2, 0) is 13.1 Å². The maximum absolute atomic E-state index is 13.2. The zero-order valence-corrected chi connectivity index (χ0v) is 11.6. The molecule has 0 bridgehead atoms. The van der Waals surface area contributed by atoms with E-state index >= 15 is 0 Å². The Balaban J connectivity index is 1.88. The first-order chi connectivity index (χ1) is 10.2. The van der Waals surface area contributed by atoms with Gasteiger partial charge in [0.1, 0.15) is 11.6 Å². The number of anilines is 1. The van der Waals surface area contributed by atoms with Gasteiger partial charge in [0.2, 0.25) is 0 Å². The molecule has 21 heavy (non-hydrogen) atoms. The van der Waals surface area contributed by atoms with Crippen LogP contribution in [0.15, 0.2) is 42.5 Å². The standard InChI is InChI=1S/C16H15F2N3/c1-2-21-16-6-4-3-5-14(16)15(20-21)10-19-13-8-11(17)7-12(18)9-13/h3-9,19H,2,10H2,1H3. The van der Waals surface area contributed by atoms with E-state index in [4.69, 9.17) is 0 Å². The van der Waals surface area contributed by atoms with E-state index in [-0.39, 0.29) is 0 Å². The molecule has 1 heterocycles. The van der Waals surface area contributed by atoms with Crippen molar-refractivity contribution in [2.75, 3.05) is 5.32 Å². The van der Waals surface area contributed by atoms with Gasteiger partial charge in [0, 0.05) is 23.7 Å². The number of nitrogens with zero attached hydrogens (tertiary/aromatic N) is 2. The van der Waals surface area contributed by atoms with Gasteiger partial charge in [-0.2, -0.15) is 5.10 Å². The van der Waals surface area contributed by atoms with E-state index in [1.807, 2.05) is 35.9 Å². The minimum absolute atomic E-state index is 0.405. The maximum Gasteiger partial charge on any atom is 0.128 e. The molecule has 0 aliphatic rings. The normalized spacial score (nSPS) is 11.0. The number of halogens is 2. The van der Waals surface area contributed by atoms with Crippen LogP contribution in [0, 0.1) is 11.6 Å². The summed E-state index contributed by atoms with van der Waals surface area (Å²) in [6, 6.07) is 11.3. The van der Waals surface area contributed by atoms with Gasteiger partial charge in [-0.1, -0.05) is 18.2 Å². The summed E-state index contributed by atoms with van der Waals surface area (Å²) in [6.45, 7) is 3.21. The molecule has 3 aromatic rings. The molecular formula is C16H15F2N3. The van der Waals surface area contributed by atoms with Gasteiger partial charge < -0.3 is 5.32 Å². The molecule has 1 N–H and O–H groups in total. The van der Waals surface area contributed by atoms with Crippen LogP contribution >= 0.6 is 0 Å². The summed E-state index contributed by atoms with van der Waals surface area (Å²) in [4.78, 5) is 0. The Labute approximate surface area is 121 Å². The highest BCUT2D eigenvalue weighted by atomic mass is 19.1. The van der Waals surface area contributed by atoms with Crippen LogP contribution < -0.4 is 5.32 Å². The molecule has 0 spiro atoms. The lowest BCUT2D eigenvalue weighted by Crippen LogP contribution is -2.03. The minimum atomic E-state index is -0.596. The molecule has 0 radical (unpaired) electrons. The fraction of sp³-hybridized carbons (Fsp3) is 0.188. The summed E-state index contributed by atoms with van der Waals surface area (Å²) in [5, 5.41) is 8.60. The van der Waals surface area contributed by atoms with Crippen molar-refractivity contribution in [3.05, 3.63) is 59.8 Å². The van der Waals surface area contributed by atoms with E-state index < -0.39 is 11.6 Å². The summed E-state index contributed by atoms with van der Waals surface area (Å²) in [7, 11) is 0. The molecule has 5 heteroatoms. The summed E-state index contributed by atoms with van der Waals surface area (Å²) in [5.74, 6) is -1.19. The van der Waals surface area contributed by atoms with E-state index in [1.54, 1.807) is 0 Å². The number of nitrogens with one attached hydrogen (secondary N) is 1. The number of rotatable bonds is 4. The number of hydrogen-bond donors (Lipinski definition) is 1. The van der Waals surface area contributed by atoms with Gasteiger partial charge in [-0.15, -0.1) is 0 Å². The predicted octanol–water partition coefficient (Wildman–Crippen LogP) is 3.95. The van der Waals surface area contributed by atoms with Crippen LogP contribution in [0.1, 0.15) is 12.6 Å². The topological polar surface area (TPSA) is 29.9 Å². The van der Waals surface area contributed by atoms with Crippen molar-refractivity contribution >= 4 is 16.6 Å². The fourth-order valence-corrected chi connectivity index (χ4v) is 2.41. The molecule has 2 aromatic carbocycles. The second-order valence-electron chi connectivity index (χ2n) is 4.79. The molecule has 1 aromatic heterocycles. The number of benzene rings is 2. The van der Waals surface area contributed by atoms with Crippen molar-refractivity contribution in [1.82, 2.24) is 9.78 Å². The van der Waals surface area contributed by atoms with Crippen LogP contribution in [0.25, 0.3) is 10.9 Å². The molecule has 0 saturated carbocycles. The Kier molecular flexibility index (Phi) is 3.56. The van der Waals surface area contributed by atoms with E-state index in [2.05, 4.69) is 10.4 Å². The van der Waals surface area contributed by atoms with E-state index in [9.17, 15) is 8.78 Å². The maximum atomic E-state index is 13.2. The molecule has 0 aliphatic carbocycles. The van der Waals surface area contributed by atoms with Crippen molar-refractivity contribution in [2.24, 2.45) is 0 Å².